The second-order valence-electron chi connectivity index (χ2n) is 8.94. The summed E-state index contributed by atoms with van der Waals surface area (Å²) in [5, 5.41) is 0. The van der Waals surface area contributed by atoms with Crippen LogP contribution in [0.1, 0.15) is 102 Å². The van der Waals surface area contributed by atoms with Gasteiger partial charge >= 0.3 is 21.7 Å². The number of ether oxygens (including phenoxy) is 1. The molecule has 30 heavy (non-hydrogen) atoms. The molecule has 0 heterocycles. The van der Waals surface area contributed by atoms with Crippen LogP contribution in [0.15, 0.2) is 16.7 Å². The van der Waals surface area contributed by atoms with Crippen LogP contribution in [0, 0.1) is 18.6 Å². The van der Waals surface area contributed by atoms with E-state index in [9.17, 15) is 0 Å². The molecule has 0 saturated heterocycles. The number of halogens is 2. The molecule has 0 aromatic rings. The van der Waals surface area contributed by atoms with Crippen LogP contribution >= 0.6 is 24.8 Å². The van der Waals surface area contributed by atoms with Gasteiger partial charge in [-0.15, -0.1) is 37.3 Å². The molecule has 0 saturated carbocycles. The van der Waals surface area contributed by atoms with Crippen molar-refractivity contribution in [3.8, 4) is 0 Å². The van der Waals surface area contributed by atoms with Crippen molar-refractivity contribution in [3.05, 3.63) is 35.1 Å². The maximum absolute atomic E-state index is 6.94. The van der Waals surface area contributed by atoms with Crippen molar-refractivity contribution >= 4 is 35.1 Å². The van der Waals surface area contributed by atoms with Crippen molar-refractivity contribution in [1.29, 1.82) is 0 Å². The van der Waals surface area contributed by atoms with Crippen LogP contribution in [0.2, 0.25) is 6.55 Å². The Balaban J connectivity index is -0.0000000690. The maximum atomic E-state index is 6.94. The van der Waals surface area contributed by atoms with E-state index in [4.69, 9.17) is 10.5 Å². The van der Waals surface area contributed by atoms with Gasteiger partial charge in [-0.2, -0.15) is 17.6 Å². The predicted octanol–water partition coefficient (Wildman–Crippen LogP) is 8.61. The quantitative estimate of drug-likeness (QED) is 0.205. The molecule has 0 aromatic carbocycles. The van der Waals surface area contributed by atoms with E-state index in [0.29, 0.717) is 5.92 Å². The first-order valence-corrected chi connectivity index (χ1v) is 11.8. The third-order valence-electron chi connectivity index (χ3n) is 3.60. The van der Waals surface area contributed by atoms with E-state index in [2.05, 4.69) is 61.5 Å². The normalized spacial score (nSPS) is 14.7. The van der Waals surface area contributed by atoms with Gasteiger partial charge in [0.15, 0.2) is 0 Å². The zero-order chi connectivity index (χ0) is 22.3. The summed E-state index contributed by atoms with van der Waals surface area (Å²) in [4.78, 5) is 0. The molecular formula is C24H51Cl2NOSiTi. The number of allylic oxidation sites excluding steroid dienone is 4. The minimum absolute atomic E-state index is 0. The number of hydrogen-bond acceptors (Lipinski definition) is 1. The van der Waals surface area contributed by atoms with Crippen molar-refractivity contribution in [3.63, 3.8) is 0 Å². The SMILES string of the molecule is CC(C)(C)[NH-].CC1=[C-]C(C)C(C)=C1C.CCCCC[CH-]OC(C)(C)C.C[SiH2].Cl.Cl.[Ti+3]. The average Bonchev–Trinajstić information content (AvgIpc) is 2.73. The standard InChI is InChI=1S/C10H21O.C9H13.C4H10N.CH5Si.2ClH.Ti/c1-5-6-7-8-9-11-10(2,3)4;1-6-5-7(2)9(4)8(6)3;1-4(2,3)5;1-2;;;/h9H,5-8H2,1-4H3;6H,1-4H3;5H,1-3H3;2H2,1H3;2*1H;/q3*-1;;;;+3. The summed E-state index contributed by atoms with van der Waals surface area (Å²) in [6.07, 6.45) is 8.29. The first-order valence-electron chi connectivity index (χ1n) is 10.4. The summed E-state index contributed by atoms with van der Waals surface area (Å²) in [5.41, 5.74) is 10.9. The molecule has 1 atom stereocenters. The molecule has 1 aliphatic carbocycles. The Morgan fingerprint density at radius 2 is 1.40 bits per heavy atom. The van der Waals surface area contributed by atoms with Crippen molar-refractivity contribution in [2.24, 2.45) is 5.92 Å². The van der Waals surface area contributed by atoms with Crippen molar-refractivity contribution in [2.45, 2.75) is 120 Å². The largest absolute Gasteiger partial charge is 3.00 e. The fraction of sp³-hybridized carbons (Fsp3) is 0.792. The molecule has 1 unspecified atom stereocenters. The molecule has 0 spiro atoms. The Morgan fingerprint density at radius 3 is 1.60 bits per heavy atom. The molecule has 2 nitrogen and oxygen atoms in total. The van der Waals surface area contributed by atoms with Gasteiger partial charge in [-0.05, 0) is 20.8 Å². The van der Waals surface area contributed by atoms with Crippen LogP contribution in [0.5, 0.6) is 0 Å². The average molecular weight is 517 g/mol. The minimum Gasteiger partial charge on any atom is -0.673 e. The molecule has 0 aliphatic heterocycles. The smallest absolute Gasteiger partial charge is 0.673 e. The van der Waals surface area contributed by atoms with Gasteiger partial charge in [0.25, 0.3) is 0 Å². The van der Waals surface area contributed by atoms with Gasteiger partial charge in [0.2, 0.25) is 0 Å². The van der Waals surface area contributed by atoms with E-state index in [-0.39, 0.29) is 57.7 Å². The zero-order valence-corrected chi connectivity index (χ0v) is 26.5. The van der Waals surface area contributed by atoms with Gasteiger partial charge in [-0.1, -0.05) is 80.2 Å². The van der Waals surface area contributed by atoms with Crippen LogP contribution < -0.4 is 0 Å². The first kappa shape index (κ1) is 44.6. The summed E-state index contributed by atoms with van der Waals surface area (Å²) in [6.45, 7) is 26.6. The number of hydrogen-bond donors (Lipinski definition) is 0. The van der Waals surface area contributed by atoms with Crippen LogP contribution in [0.25, 0.3) is 5.73 Å². The van der Waals surface area contributed by atoms with Gasteiger partial charge in [0.1, 0.15) is 0 Å². The van der Waals surface area contributed by atoms with Gasteiger partial charge in [-0.25, -0.2) is 12.2 Å². The molecule has 1 rings (SSSR count). The fourth-order valence-corrected chi connectivity index (χ4v) is 1.95. The molecular weight excluding hydrogens is 465 g/mol. The molecule has 180 valence electrons. The molecule has 0 fully saturated rings. The zero-order valence-electron chi connectivity index (χ0n) is 21.9. The van der Waals surface area contributed by atoms with Gasteiger partial charge in [0.05, 0.1) is 0 Å². The summed E-state index contributed by atoms with van der Waals surface area (Å²) in [5.74, 6) is 0.560. The number of rotatable bonds is 5. The summed E-state index contributed by atoms with van der Waals surface area (Å²) < 4.78 is 5.45. The number of nitrogens with one attached hydrogen (secondary N) is 1. The van der Waals surface area contributed by atoms with E-state index in [0.717, 1.165) is 6.42 Å². The maximum Gasteiger partial charge on any atom is 3.00 e. The van der Waals surface area contributed by atoms with Gasteiger partial charge in [-0.3, -0.25) is 6.08 Å². The topological polar surface area (TPSA) is 33.0 Å². The first-order chi connectivity index (χ1) is 12.2. The van der Waals surface area contributed by atoms with Crippen molar-refractivity contribution < 1.29 is 26.5 Å². The second kappa shape index (κ2) is 24.6. The summed E-state index contributed by atoms with van der Waals surface area (Å²) >= 11 is 0. The molecule has 1 N–H and O–H groups in total. The van der Waals surface area contributed by atoms with E-state index >= 15 is 0 Å². The summed E-state index contributed by atoms with van der Waals surface area (Å²) in [7, 11) is 1.86. The molecule has 0 bridgehead atoms. The van der Waals surface area contributed by atoms with Crippen molar-refractivity contribution in [1.82, 2.24) is 0 Å². The molecule has 2 radical (unpaired) electrons. The van der Waals surface area contributed by atoms with E-state index in [1.807, 2.05) is 44.2 Å². The van der Waals surface area contributed by atoms with Gasteiger partial charge < -0.3 is 10.5 Å². The molecule has 0 aromatic heterocycles. The van der Waals surface area contributed by atoms with E-state index < -0.39 is 0 Å². The Morgan fingerprint density at radius 1 is 1.00 bits per heavy atom. The summed E-state index contributed by atoms with van der Waals surface area (Å²) in [6, 6.07) is 0. The third kappa shape index (κ3) is 36.3. The van der Waals surface area contributed by atoms with Gasteiger partial charge in [0, 0.05) is 15.8 Å². The molecule has 1 aliphatic rings. The Bertz CT molecular complexity index is 422. The predicted molar refractivity (Wildman–Crippen MR) is 142 cm³/mol. The second-order valence-corrected chi connectivity index (χ2v) is 8.94. The van der Waals surface area contributed by atoms with Crippen LogP contribution in [-0.2, 0) is 26.5 Å². The van der Waals surface area contributed by atoms with Crippen molar-refractivity contribution in [2.75, 3.05) is 0 Å². The molecule has 0 amide bonds. The Kier molecular flexibility index (Phi) is 36.5. The van der Waals surface area contributed by atoms with Crippen LogP contribution in [-0.4, -0.2) is 21.4 Å². The fourth-order valence-electron chi connectivity index (χ4n) is 1.95. The Labute approximate surface area is 221 Å². The van der Waals surface area contributed by atoms with Crippen LogP contribution in [0.3, 0.4) is 0 Å². The monoisotopic (exact) mass is 515 g/mol. The molecule has 6 heteroatoms. The van der Waals surface area contributed by atoms with E-state index in [1.165, 1.54) is 36.0 Å². The third-order valence-corrected chi connectivity index (χ3v) is 3.60. The van der Waals surface area contributed by atoms with Crippen LogP contribution in [0.4, 0.5) is 0 Å². The number of unbranched alkanes of at least 4 members (excludes halogenated alkanes) is 3. The Hall–Kier alpha value is 0.911. The minimum atomic E-state index is -0.250. The van der Waals surface area contributed by atoms with E-state index in [1.54, 1.807) is 0 Å².